The molecule has 0 radical (unpaired) electrons. The third-order valence-corrected chi connectivity index (χ3v) is 1.88. The summed E-state index contributed by atoms with van der Waals surface area (Å²) in [6.45, 7) is -0.218. The Morgan fingerprint density at radius 1 is 1.38 bits per heavy atom. The van der Waals surface area contributed by atoms with Crippen LogP contribution in [-0.4, -0.2) is 27.9 Å². The molecule has 0 amide bonds. The van der Waals surface area contributed by atoms with Gasteiger partial charge in [-0.05, 0) is 24.4 Å². The van der Waals surface area contributed by atoms with E-state index < -0.39 is 6.04 Å². The predicted molar refractivity (Wildman–Crippen MR) is 56.2 cm³/mol. The maximum atomic E-state index is 8.98. The SMILES string of the molecule is OC[C@H](Nc1ccccc1)C(O)=S. The second-order valence-electron chi connectivity index (χ2n) is 2.58. The van der Waals surface area contributed by atoms with Crippen molar-refractivity contribution in [2.24, 2.45) is 0 Å². The number of hydrogen-bond acceptors (Lipinski definition) is 3. The number of rotatable bonds is 4. The van der Waals surface area contributed by atoms with Gasteiger partial charge >= 0.3 is 0 Å². The van der Waals surface area contributed by atoms with Gasteiger partial charge in [-0.1, -0.05) is 18.2 Å². The molecule has 1 atom stereocenters. The lowest BCUT2D eigenvalue weighted by molar-refractivity contribution is 0.288. The van der Waals surface area contributed by atoms with E-state index in [0.29, 0.717) is 0 Å². The molecule has 0 fully saturated rings. The van der Waals surface area contributed by atoms with Crippen molar-refractivity contribution in [3.8, 4) is 0 Å². The molecule has 0 unspecified atom stereocenters. The van der Waals surface area contributed by atoms with Crippen molar-refractivity contribution in [1.29, 1.82) is 0 Å². The minimum atomic E-state index is -0.572. The lowest BCUT2D eigenvalue weighted by Gasteiger charge is -2.14. The molecule has 0 heterocycles. The van der Waals surface area contributed by atoms with Crippen LogP contribution in [0.2, 0.25) is 0 Å². The van der Waals surface area contributed by atoms with Gasteiger partial charge in [0.25, 0.3) is 0 Å². The normalized spacial score (nSPS) is 12.1. The summed E-state index contributed by atoms with van der Waals surface area (Å²) in [6.07, 6.45) is 0. The molecular weight excluding hydrogens is 186 g/mol. The Bertz CT molecular complexity index is 276. The highest BCUT2D eigenvalue weighted by Crippen LogP contribution is 2.07. The van der Waals surface area contributed by atoms with Crippen molar-refractivity contribution >= 4 is 23.0 Å². The van der Waals surface area contributed by atoms with Gasteiger partial charge in [0.1, 0.15) is 6.04 Å². The zero-order chi connectivity index (χ0) is 9.68. The van der Waals surface area contributed by atoms with E-state index in [4.69, 9.17) is 10.2 Å². The van der Waals surface area contributed by atoms with Crippen LogP contribution in [0.4, 0.5) is 5.69 Å². The molecule has 0 spiro atoms. The fourth-order valence-electron chi connectivity index (χ4n) is 0.921. The van der Waals surface area contributed by atoms with Crippen LogP contribution in [0, 0.1) is 0 Å². The predicted octanol–water partition coefficient (Wildman–Crippen LogP) is 1.34. The molecule has 1 aromatic rings. The molecule has 0 saturated heterocycles. The summed E-state index contributed by atoms with van der Waals surface area (Å²) in [4.78, 5) is 0. The second kappa shape index (κ2) is 4.79. The van der Waals surface area contributed by atoms with Crippen molar-refractivity contribution in [2.75, 3.05) is 11.9 Å². The van der Waals surface area contributed by atoms with Gasteiger partial charge in [0.05, 0.1) is 6.61 Å². The lowest BCUT2D eigenvalue weighted by Crippen LogP contribution is -2.31. The maximum absolute atomic E-state index is 8.98. The molecule has 0 aliphatic heterocycles. The summed E-state index contributed by atoms with van der Waals surface area (Å²) in [5, 5.41) is 20.5. The standard InChI is InChI=1S/C9H11NO2S/c11-6-8(9(12)13)10-7-4-2-1-3-5-7/h1-5,8,10-11H,6H2,(H,12,13)/t8-/m0/s1. The van der Waals surface area contributed by atoms with Crippen molar-refractivity contribution in [3.63, 3.8) is 0 Å². The van der Waals surface area contributed by atoms with Gasteiger partial charge < -0.3 is 15.5 Å². The minimum Gasteiger partial charge on any atom is -0.500 e. The molecule has 0 aromatic heterocycles. The molecule has 13 heavy (non-hydrogen) atoms. The van der Waals surface area contributed by atoms with E-state index in [2.05, 4.69) is 17.5 Å². The van der Waals surface area contributed by atoms with Crippen LogP contribution in [0.5, 0.6) is 0 Å². The first-order chi connectivity index (χ1) is 6.24. The summed E-state index contributed by atoms with van der Waals surface area (Å²) < 4.78 is 0. The number of nitrogens with one attached hydrogen (secondary N) is 1. The van der Waals surface area contributed by atoms with Crippen LogP contribution >= 0.6 is 12.2 Å². The average molecular weight is 197 g/mol. The molecule has 4 heteroatoms. The maximum Gasteiger partial charge on any atom is 0.181 e. The monoisotopic (exact) mass is 197 g/mol. The quantitative estimate of drug-likeness (QED) is 0.638. The van der Waals surface area contributed by atoms with E-state index >= 15 is 0 Å². The van der Waals surface area contributed by atoms with E-state index in [1.807, 2.05) is 30.3 Å². The van der Waals surface area contributed by atoms with Crippen molar-refractivity contribution in [3.05, 3.63) is 30.3 Å². The number of aliphatic hydroxyl groups is 2. The van der Waals surface area contributed by atoms with Crippen LogP contribution in [0.1, 0.15) is 0 Å². The second-order valence-corrected chi connectivity index (χ2v) is 3.00. The summed E-state index contributed by atoms with van der Waals surface area (Å²) in [7, 11) is 0. The van der Waals surface area contributed by atoms with Crippen LogP contribution in [-0.2, 0) is 0 Å². The van der Waals surface area contributed by atoms with Gasteiger partial charge in [-0.3, -0.25) is 0 Å². The first-order valence-electron chi connectivity index (χ1n) is 3.89. The Morgan fingerprint density at radius 3 is 2.46 bits per heavy atom. The topological polar surface area (TPSA) is 52.5 Å². The van der Waals surface area contributed by atoms with Gasteiger partial charge in [-0.15, -0.1) is 0 Å². The van der Waals surface area contributed by atoms with Gasteiger partial charge in [0.2, 0.25) is 0 Å². The molecule has 0 aliphatic rings. The highest BCUT2D eigenvalue weighted by Gasteiger charge is 2.10. The zero-order valence-corrected chi connectivity index (χ0v) is 7.79. The van der Waals surface area contributed by atoms with Crippen LogP contribution < -0.4 is 5.32 Å². The van der Waals surface area contributed by atoms with Crippen molar-refractivity contribution in [2.45, 2.75) is 6.04 Å². The summed E-state index contributed by atoms with van der Waals surface area (Å²) in [5.41, 5.74) is 0.818. The molecule has 1 aromatic carbocycles. The third kappa shape index (κ3) is 3.01. The first kappa shape index (κ1) is 9.95. The van der Waals surface area contributed by atoms with E-state index in [1.54, 1.807) is 0 Å². The summed E-state index contributed by atoms with van der Waals surface area (Å²) >= 11 is 4.55. The molecule has 1 rings (SSSR count). The molecule has 3 N–H and O–H groups in total. The largest absolute Gasteiger partial charge is 0.500 e. The van der Waals surface area contributed by atoms with Gasteiger partial charge in [0, 0.05) is 5.69 Å². The number of hydrogen-bond donors (Lipinski definition) is 3. The Morgan fingerprint density at radius 2 is 2.00 bits per heavy atom. The average Bonchev–Trinajstić information content (AvgIpc) is 2.15. The zero-order valence-electron chi connectivity index (χ0n) is 6.97. The van der Waals surface area contributed by atoms with E-state index in [0.717, 1.165) is 5.69 Å². The Kier molecular flexibility index (Phi) is 3.67. The number of benzene rings is 1. The van der Waals surface area contributed by atoms with E-state index in [-0.39, 0.29) is 11.7 Å². The van der Waals surface area contributed by atoms with Crippen molar-refractivity contribution in [1.82, 2.24) is 0 Å². The number of anilines is 1. The molecule has 3 nitrogen and oxygen atoms in total. The third-order valence-electron chi connectivity index (χ3n) is 1.60. The molecule has 0 aliphatic carbocycles. The Labute approximate surface area is 82.0 Å². The fraction of sp³-hybridized carbons (Fsp3) is 0.222. The van der Waals surface area contributed by atoms with Crippen LogP contribution in [0.15, 0.2) is 30.3 Å². The number of para-hydroxylation sites is 1. The van der Waals surface area contributed by atoms with E-state index in [1.165, 1.54) is 0 Å². The summed E-state index contributed by atoms with van der Waals surface area (Å²) in [5.74, 6) is 0. The lowest BCUT2D eigenvalue weighted by atomic mass is 10.2. The van der Waals surface area contributed by atoms with Gasteiger partial charge in [-0.2, -0.15) is 0 Å². The Hall–Kier alpha value is -1.13. The van der Waals surface area contributed by atoms with Gasteiger partial charge in [0.15, 0.2) is 5.05 Å². The van der Waals surface area contributed by atoms with Crippen LogP contribution in [0.25, 0.3) is 0 Å². The first-order valence-corrected chi connectivity index (χ1v) is 4.30. The highest BCUT2D eigenvalue weighted by molar-refractivity contribution is 7.80. The Balaban J connectivity index is 2.62. The minimum absolute atomic E-state index is 0.218. The van der Waals surface area contributed by atoms with Crippen LogP contribution in [0.3, 0.4) is 0 Å². The van der Waals surface area contributed by atoms with Gasteiger partial charge in [-0.25, -0.2) is 0 Å². The molecule has 0 bridgehead atoms. The number of thiocarbonyl (C=S) groups is 1. The fourth-order valence-corrected chi connectivity index (χ4v) is 1.05. The summed E-state index contributed by atoms with van der Waals surface area (Å²) in [6, 6.07) is 8.70. The smallest absolute Gasteiger partial charge is 0.181 e. The van der Waals surface area contributed by atoms with Crippen molar-refractivity contribution < 1.29 is 10.2 Å². The molecule has 0 saturated carbocycles. The molecule has 70 valence electrons. The van der Waals surface area contributed by atoms with E-state index in [9.17, 15) is 0 Å². The molecular formula is C9H11NO2S. The highest BCUT2D eigenvalue weighted by atomic mass is 32.1. The number of aliphatic hydroxyl groups excluding tert-OH is 2.